The molecule has 0 atom stereocenters. The van der Waals surface area contributed by atoms with Crippen LogP contribution in [0.3, 0.4) is 0 Å². The number of aryl methyl sites for hydroxylation is 1. The van der Waals surface area contributed by atoms with Crippen molar-refractivity contribution in [1.82, 2.24) is 9.97 Å². The summed E-state index contributed by atoms with van der Waals surface area (Å²) in [4.78, 5) is 9.75. The van der Waals surface area contributed by atoms with Crippen LogP contribution in [0.1, 0.15) is 11.1 Å². The zero-order valence-corrected chi connectivity index (χ0v) is 13.4. The van der Waals surface area contributed by atoms with Crippen molar-refractivity contribution < 1.29 is 0 Å². The summed E-state index contributed by atoms with van der Waals surface area (Å²) in [6, 6.07) is 8.35. The second-order valence-corrected chi connectivity index (χ2v) is 6.30. The summed E-state index contributed by atoms with van der Waals surface area (Å²) in [6.07, 6.45) is 3.61. The number of azo groups is 1. The summed E-state index contributed by atoms with van der Waals surface area (Å²) in [5.41, 5.74) is 3.26. The topological polar surface area (TPSA) is 50.5 Å². The van der Waals surface area contributed by atoms with Gasteiger partial charge in [-0.25, -0.2) is 9.97 Å². The third-order valence-electron chi connectivity index (χ3n) is 3.09. The minimum absolute atomic E-state index is 0.560. The molecule has 0 amide bonds. The van der Waals surface area contributed by atoms with E-state index in [0.717, 1.165) is 21.3 Å². The number of fused-ring (bicyclic) bond motifs is 1. The van der Waals surface area contributed by atoms with Crippen LogP contribution >= 0.6 is 23.1 Å². The highest BCUT2D eigenvalue weighted by Crippen LogP contribution is 2.30. The van der Waals surface area contributed by atoms with Gasteiger partial charge in [0.2, 0.25) is 0 Å². The first-order valence-corrected chi connectivity index (χ1v) is 8.57. The number of thiophene rings is 1. The Hall–Kier alpha value is -1.79. The standard InChI is InChI=1S/C15H14N4S2/c1-10-8-21-14-13(10)16-9-17-15(14)19-18-7-11-3-5-12(20-2)6-4-11/h3-6,8-9H,7H2,1-2H3. The predicted octanol–water partition coefficient (Wildman–Crippen LogP) is 5.01. The largest absolute Gasteiger partial charge is 0.235 e. The van der Waals surface area contributed by atoms with Gasteiger partial charge in [0.05, 0.1) is 16.8 Å². The van der Waals surface area contributed by atoms with E-state index < -0.39 is 0 Å². The van der Waals surface area contributed by atoms with E-state index in [1.807, 2.05) is 6.92 Å². The van der Waals surface area contributed by atoms with Gasteiger partial charge in [-0.05, 0) is 41.8 Å². The van der Waals surface area contributed by atoms with Gasteiger partial charge < -0.3 is 0 Å². The fourth-order valence-corrected chi connectivity index (χ4v) is 3.28. The Bertz CT molecular complexity index is 778. The van der Waals surface area contributed by atoms with Crippen LogP contribution in [-0.4, -0.2) is 16.2 Å². The van der Waals surface area contributed by atoms with E-state index in [9.17, 15) is 0 Å². The lowest BCUT2D eigenvalue weighted by atomic mass is 10.2. The van der Waals surface area contributed by atoms with Gasteiger partial charge in [0.25, 0.3) is 0 Å². The molecule has 0 fully saturated rings. The highest BCUT2D eigenvalue weighted by Gasteiger charge is 2.06. The number of benzene rings is 1. The molecule has 0 unspecified atom stereocenters. The number of nitrogens with zero attached hydrogens (tertiary/aromatic N) is 4. The Morgan fingerprint density at radius 3 is 2.76 bits per heavy atom. The molecule has 4 nitrogen and oxygen atoms in total. The molecular formula is C15H14N4S2. The van der Waals surface area contributed by atoms with Gasteiger partial charge >= 0.3 is 0 Å². The van der Waals surface area contributed by atoms with Crippen LogP contribution in [0.4, 0.5) is 5.82 Å². The Labute approximate surface area is 131 Å². The average Bonchev–Trinajstić information content (AvgIpc) is 2.91. The molecule has 0 aliphatic carbocycles. The van der Waals surface area contributed by atoms with E-state index in [0.29, 0.717) is 12.4 Å². The van der Waals surface area contributed by atoms with Crippen molar-refractivity contribution in [3.8, 4) is 0 Å². The van der Waals surface area contributed by atoms with Crippen molar-refractivity contribution in [3.63, 3.8) is 0 Å². The molecule has 21 heavy (non-hydrogen) atoms. The van der Waals surface area contributed by atoms with Gasteiger partial charge in [0, 0.05) is 4.90 Å². The van der Waals surface area contributed by atoms with Gasteiger partial charge in [-0.3, -0.25) is 0 Å². The maximum atomic E-state index is 4.28. The summed E-state index contributed by atoms with van der Waals surface area (Å²) >= 11 is 3.34. The second-order valence-electron chi connectivity index (χ2n) is 4.54. The normalized spacial score (nSPS) is 11.5. The van der Waals surface area contributed by atoms with Gasteiger partial charge in [-0.2, -0.15) is 5.11 Å². The molecule has 0 spiro atoms. The Morgan fingerprint density at radius 1 is 1.19 bits per heavy atom. The van der Waals surface area contributed by atoms with Crippen LogP contribution in [0.2, 0.25) is 0 Å². The first-order valence-electron chi connectivity index (χ1n) is 6.47. The molecule has 0 N–H and O–H groups in total. The molecule has 6 heteroatoms. The van der Waals surface area contributed by atoms with Crippen LogP contribution in [0.5, 0.6) is 0 Å². The number of thioether (sulfide) groups is 1. The van der Waals surface area contributed by atoms with Crippen molar-refractivity contribution in [2.75, 3.05) is 6.26 Å². The van der Waals surface area contributed by atoms with E-state index in [1.54, 1.807) is 29.4 Å². The molecule has 2 heterocycles. The zero-order chi connectivity index (χ0) is 14.7. The predicted molar refractivity (Wildman–Crippen MR) is 88.6 cm³/mol. The molecule has 0 saturated carbocycles. The molecule has 0 bridgehead atoms. The number of aromatic nitrogens is 2. The number of hydrogen-bond acceptors (Lipinski definition) is 6. The second kappa shape index (κ2) is 6.32. The Balaban J connectivity index is 1.78. The van der Waals surface area contributed by atoms with E-state index in [-0.39, 0.29) is 0 Å². The number of rotatable bonds is 4. The van der Waals surface area contributed by atoms with Crippen molar-refractivity contribution in [1.29, 1.82) is 0 Å². The first kappa shape index (κ1) is 14.2. The highest BCUT2D eigenvalue weighted by atomic mass is 32.2. The maximum Gasteiger partial charge on any atom is 0.195 e. The van der Waals surface area contributed by atoms with Gasteiger partial charge in [-0.1, -0.05) is 12.1 Å². The van der Waals surface area contributed by atoms with Crippen molar-refractivity contribution in [2.24, 2.45) is 10.2 Å². The highest BCUT2D eigenvalue weighted by molar-refractivity contribution is 7.98. The molecular weight excluding hydrogens is 300 g/mol. The van der Waals surface area contributed by atoms with Crippen LogP contribution in [0, 0.1) is 6.92 Å². The summed E-state index contributed by atoms with van der Waals surface area (Å²) in [5.74, 6) is 0.652. The van der Waals surface area contributed by atoms with Crippen molar-refractivity contribution >= 4 is 39.1 Å². The maximum absolute atomic E-state index is 4.28. The van der Waals surface area contributed by atoms with E-state index in [2.05, 4.69) is 56.1 Å². The van der Waals surface area contributed by atoms with Gasteiger partial charge in [-0.15, -0.1) is 28.2 Å². The SMILES string of the molecule is CSc1ccc(CN=Nc2ncnc3c(C)csc23)cc1. The third-order valence-corrected chi connectivity index (χ3v) is 4.92. The molecule has 0 radical (unpaired) electrons. The Kier molecular flexibility index (Phi) is 4.26. The summed E-state index contributed by atoms with van der Waals surface area (Å²) < 4.78 is 0.997. The monoisotopic (exact) mass is 314 g/mol. The summed E-state index contributed by atoms with van der Waals surface area (Å²) in [5, 5.41) is 10.6. The minimum atomic E-state index is 0.560. The van der Waals surface area contributed by atoms with Gasteiger partial charge in [0.1, 0.15) is 6.33 Å². The van der Waals surface area contributed by atoms with E-state index >= 15 is 0 Å². The van der Waals surface area contributed by atoms with Crippen LogP contribution in [0.25, 0.3) is 10.2 Å². The van der Waals surface area contributed by atoms with Crippen molar-refractivity contribution in [2.45, 2.75) is 18.4 Å². The molecule has 1 aromatic carbocycles. The minimum Gasteiger partial charge on any atom is -0.235 e. The van der Waals surface area contributed by atoms with Gasteiger partial charge in [0.15, 0.2) is 5.82 Å². The lowest BCUT2D eigenvalue weighted by molar-refractivity contribution is 0.946. The molecule has 2 aromatic heterocycles. The number of hydrogen-bond donors (Lipinski definition) is 0. The molecule has 106 valence electrons. The summed E-state index contributed by atoms with van der Waals surface area (Å²) in [7, 11) is 0. The molecule has 0 aliphatic heterocycles. The third kappa shape index (κ3) is 3.11. The van der Waals surface area contributed by atoms with E-state index in [4.69, 9.17) is 0 Å². The smallest absolute Gasteiger partial charge is 0.195 e. The van der Waals surface area contributed by atoms with Crippen molar-refractivity contribution in [3.05, 3.63) is 47.1 Å². The molecule has 3 aromatic rings. The van der Waals surface area contributed by atoms with Crippen LogP contribution in [-0.2, 0) is 6.54 Å². The molecule has 0 aliphatic rings. The first-order chi connectivity index (χ1) is 10.3. The van der Waals surface area contributed by atoms with Crippen LogP contribution < -0.4 is 0 Å². The Morgan fingerprint density at radius 2 is 2.00 bits per heavy atom. The fourth-order valence-electron chi connectivity index (χ4n) is 1.94. The lowest BCUT2D eigenvalue weighted by Crippen LogP contribution is -1.82. The molecule has 3 rings (SSSR count). The van der Waals surface area contributed by atoms with E-state index in [1.165, 1.54) is 4.90 Å². The van der Waals surface area contributed by atoms with Crippen LogP contribution in [0.15, 0.2) is 51.1 Å². The summed E-state index contributed by atoms with van der Waals surface area (Å²) in [6.45, 7) is 2.60. The lowest BCUT2D eigenvalue weighted by Gasteiger charge is -1.98. The fraction of sp³-hybridized carbons (Fsp3) is 0.200. The average molecular weight is 314 g/mol. The quantitative estimate of drug-likeness (QED) is 0.502. The molecule has 0 saturated heterocycles. The zero-order valence-electron chi connectivity index (χ0n) is 11.8.